The zero-order valence-electron chi connectivity index (χ0n) is 20.8. The van der Waals surface area contributed by atoms with Gasteiger partial charge in [-0.15, -0.1) is 0 Å². The van der Waals surface area contributed by atoms with Crippen LogP contribution >= 0.6 is 11.5 Å². The molecule has 2 aromatic heterocycles. The Bertz CT molecular complexity index is 1490. The summed E-state index contributed by atoms with van der Waals surface area (Å²) >= 11 is 0.775. The number of benzene rings is 2. The number of para-hydroxylation sites is 1. The van der Waals surface area contributed by atoms with E-state index in [-0.39, 0.29) is 28.2 Å². The summed E-state index contributed by atoms with van der Waals surface area (Å²) in [5.74, 6) is -1.13. The van der Waals surface area contributed by atoms with Crippen LogP contribution in [0.5, 0.6) is 5.75 Å². The SMILES string of the molecule is COc1ccc(N(C(=O)c2snc(C(N)=O)c2N)[C@H](C(=O)NC2CCCC2)c2c[nH]c3ccccc23)cc1. The quantitative estimate of drug-likeness (QED) is 0.271. The summed E-state index contributed by atoms with van der Waals surface area (Å²) < 4.78 is 9.31. The van der Waals surface area contributed by atoms with Crippen LogP contribution < -0.4 is 26.4 Å². The lowest BCUT2D eigenvalue weighted by molar-refractivity contribution is -0.123. The zero-order chi connectivity index (χ0) is 26.8. The molecule has 1 aliphatic carbocycles. The van der Waals surface area contributed by atoms with Crippen molar-refractivity contribution in [3.63, 3.8) is 0 Å². The van der Waals surface area contributed by atoms with Crippen LogP contribution in [0.3, 0.4) is 0 Å². The Hall–Kier alpha value is -4.38. The Labute approximate surface area is 223 Å². The number of rotatable bonds is 8. The molecular formula is C27H28N6O4S. The average Bonchev–Trinajstić information content (AvgIpc) is 3.67. The van der Waals surface area contributed by atoms with Crippen molar-refractivity contribution in [2.24, 2.45) is 5.73 Å². The highest BCUT2D eigenvalue weighted by Gasteiger charge is 2.38. The van der Waals surface area contributed by atoms with Crippen molar-refractivity contribution in [1.82, 2.24) is 14.7 Å². The molecule has 0 spiro atoms. The number of aromatic nitrogens is 2. The maximum absolute atomic E-state index is 14.2. The van der Waals surface area contributed by atoms with Gasteiger partial charge in [-0.2, -0.15) is 4.37 Å². The van der Waals surface area contributed by atoms with Crippen LogP contribution in [0.25, 0.3) is 10.9 Å². The van der Waals surface area contributed by atoms with Gasteiger partial charge in [-0.3, -0.25) is 19.3 Å². The molecule has 4 aromatic rings. The first-order valence-electron chi connectivity index (χ1n) is 12.3. The Kier molecular flexibility index (Phi) is 7.01. The minimum absolute atomic E-state index is 0.0214. The van der Waals surface area contributed by atoms with Gasteiger partial charge >= 0.3 is 0 Å². The molecule has 3 amide bonds. The summed E-state index contributed by atoms with van der Waals surface area (Å²) in [5, 5.41) is 3.97. The van der Waals surface area contributed by atoms with E-state index >= 15 is 0 Å². The summed E-state index contributed by atoms with van der Waals surface area (Å²) in [6.45, 7) is 0. The molecule has 2 aromatic carbocycles. The average molecular weight is 533 g/mol. The van der Waals surface area contributed by atoms with E-state index in [1.54, 1.807) is 37.6 Å². The van der Waals surface area contributed by atoms with Crippen molar-refractivity contribution in [3.8, 4) is 5.75 Å². The van der Waals surface area contributed by atoms with E-state index in [1.165, 1.54) is 4.90 Å². The molecule has 5 rings (SSSR count). The van der Waals surface area contributed by atoms with Gasteiger partial charge < -0.3 is 26.5 Å². The van der Waals surface area contributed by atoms with Crippen LogP contribution in [0, 0.1) is 0 Å². The van der Waals surface area contributed by atoms with Crippen molar-refractivity contribution in [1.29, 1.82) is 0 Å². The highest BCUT2D eigenvalue weighted by Crippen LogP contribution is 2.37. The standard InChI is InChI=1S/C27H28N6O4S/c1-37-17-12-10-16(11-13-17)33(27(36)24-21(28)22(25(29)34)32-38-24)23(26(35)31-15-6-2-3-7-15)19-14-30-20-9-5-4-8-18(19)20/h4-5,8-15,23,30H,2-3,6-7,28H2,1H3,(H2,29,34)(H,31,35)/t23-/m0/s1. The molecule has 11 heteroatoms. The first-order chi connectivity index (χ1) is 18.4. The topological polar surface area (TPSA) is 156 Å². The minimum Gasteiger partial charge on any atom is -0.497 e. The molecule has 0 saturated heterocycles. The summed E-state index contributed by atoms with van der Waals surface area (Å²) in [5.41, 5.74) is 13.2. The Morgan fingerprint density at radius 3 is 2.50 bits per heavy atom. The second-order valence-electron chi connectivity index (χ2n) is 9.19. The molecule has 1 saturated carbocycles. The van der Waals surface area contributed by atoms with Crippen molar-refractivity contribution in [3.05, 3.63) is 70.9 Å². The van der Waals surface area contributed by atoms with Gasteiger partial charge in [-0.25, -0.2) is 0 Å². The monoisotopic (exact) mass is 532 g/mol. The lowest BCUT2D eigenvalue weighted by Crippen LogP contribution is -2.46. The number of hydrogen-bond donors (Lipinski definition) is 4. The number of anilines is 2. The summed E-state index contributed by atoms with van der Waals surface area (Å²) in [4.78, 5) is 44.7. The number of nitrogens with one attached hydrogen (secondary N) is 2. The number of nitrogens with zero attached hydrogens (tertiary/aromatic N) is 2. The van der Waals surface area contributed by atoms with E-state index in [2.05, 4.69) is 14.7 Å². The van der Waals surface area contributed by atoms with Crippen LogP contribution in [0.15, 0.2) is 54.7 Å². The molecule has 38 heavy (non-hydrogen) atoms. The van der Waals surface area contributed by atoms with E-state index in [9.17, 15) is 14.4 Å². The van der Waals surface area contributed by atoms with Crippen molar-refractivity contribution >= 4 is 51.5 Å². The highest BCUT2D eigenvalue weighted by molar-refractivity contribution is 7.09. The van der Waals surface area contributed by atoms with Crippen LogP contribution in [0.2, 0.25) is 0 Å². The van der Waals surface area contributed by atoms with Gasteiger partial charge in [0, 0.05) is 34.4 Å². The number of amides is 3. The van der Waals surface area contributed by atoms with Gasteiger partial charge in [0.1, 0.15) is 16.7 Å². The zero-order valence-corrected chi connectivity index (χ0v) is 21.6. The fourth-order valence-electron chi connectivity index (χ4n) is 4.93. The van der Waals surface area contributed by atoms with Gasteiger partial charge in [0.05, 0.1) is 12.8 Å². The van der Waals surface area contributed by atoms with Gasteiger partial charge in [0.15, 0.2) is 5.69 Å². The second-order valence-corrected chi connectivity index (χ2v) is 9.97. The van der Waals surface area contributed by atoms with Crippen molar-refractivity contribution in [2.45, 2.75) is 37.8 Å². The molecule has 2 heterocycles. The molecule has 0 bridgehead atoms. The molecular weight excluding hydrogens is 504 g/mol. The summed E-state index contributed by atoms with van der Waals surface area (Å²) in [6.07, 6.45) is 5.59. The number of nitrogen functional groups attached to an aromatic ring is 1. The number of hydrogen-bond acceptors (Lipinski definition) is 7. The number of fused-ring (bicyclic) bond motifs is 1. The fraction of sp³-hybridized carbons (Fsp3) is 0.259. The van der Waals surface area contributed by atoms with Crippen LogP contribution in [-0.2, 0) is 4.79 Å². The number of H-pyrrole nitrogens is 1. The van der Waals surface area contributed by atoms with Crippen LogP contribution in [0.4, 0.5) is 11.4 Å². The van der Waals surface area contributed by atoms with Crippen LogP contribution in [0.1, 0.15) is 57.4 Å². The number of nitrogens with two attached hydrogens (primary N) is 2. The smallest absolute Gasteiger partial charge is 0.273 e. The van der Waals surface area contributed by atoms with Gasteiger partial charge in [-0.1, -0.05) is 31.0 Å². The number of aromatic amines is 1. The maximum atomic E-state index is 14.2. The third-order valence-electron chi connectivity index (χ3n) is 6.85. The van der Waals surface area contributed by atoms with Gasteiger partial charge in [-0.05, 0) is 54.7 Å². The number of methoxy groups -OCH3 is 1. The Balaban J connectivity index is 1.68. The lowest BCUT2D eigenvalue weighted by atomic mass is 10.0. The van der Waals surface area contributed by atoms with Crippen LogP contribution in [-0.4, -0.2) is 40.2 Å². The predicted octanol–water partition coefficient (Wildman–Crippen LogP) is 3.76. The van der Waals surface area contributed by atoms with E-state index in [1.807, 2.05) is 24.3 Å². The van der Waals surface area contributed by atoms with E-state index < -0.39 is 17.9 Å². The van der Waals surface area contributed by atoms with Gasteiger partial charge in [0.2, 0.25) is 5.91 Å². The molecule has 1 atom stereocenters. The third kappa shape index (κ3) is 4.68. The molecule has 1 fully saturated rings. The van der Waals surface area contributed by atoms with Crippen molar-refractivity contribution < 1.29 is 19.1 Å². The summed E-state index contributed by atoms with van der Waals surface area (Å²) in [6, 6.07) is 13.4. The third-order valence-corrected chi connectivity index (χ3v) is 7.70. The van der Waals surface area contributed by atoms with E-state index in [0.717, 1.165) is 48.1 Å². The molecule has 10 nitrogen and oxygen atoms in total. The van der Waals surface area contributed by atoms with Gasteiger partial charge in [0.25, 0.3) is 11.8 Å². The van der Waals surface area contributed by atoms with Crippen molar-refractivity contribution in [2.75, 3.05) is 17.7 Å². The van der Waals surface area contributed by atoms with E-state index in [0.29, 0.717) is 17.0 Å². The molecule has 6 N–H and O–H groups in total. The minimum atomic E-state index is -1.05. The first kappa shape index (κ1) is 25.3. The second kappa shape index (κ2) is 10.5. The number of primary amides is 1. The largest absolute Gasteiger partial charge is 0.497 e. The normalized spacial score (nSPS) is 14.3. The Morgan fingerprint density at radius 1 is 1.13 bits per heavy atom. The number of carbonyl (C=O) groups is 3. The first-order valence-corrected chi connectivity index (χ1v) is 13.0. The highest BCUT2D eigenvalue weighted by atomic mass is 32.1. The lowest BCUT2D eigenvalue weighted by Gasteiger charge is -2.32. The molecule has 0 unspecified atom stereocenters. The predicted molar refractivity (Wildman–Crippen MR) is 146 cm³/mol. The Morgan fingerprint density at radius 2 is 1.84 bits per heavy atom. The molecule has 1 aliphatic rings. The summed E-state index contributed by atoms with van der Waals surface area (Å²) in [7, 11) is 1.55. The van der Waals surface area contributed by atoms with E-state index in [4.69, 9.17) is 16.2 Å². The molecule has 196 valence electrons. The fourth-order valence-corrected chi connectivity index (χ4v) is 5.68. The molecule has 0 aliphatic heterocycles. The maximum Gasteiger partial charge on any atom is 0.273 e. The number of carbonyl (C=O) groups excluding carboxylic acids is 3. The molecule has 0 radical (unpaired) electrons. The number of ether oxygens (including phenoxy) is 1.